The van der Waals surface area contributed by atoms with E-state index >= 15 is 0 Å². The number of aryl methyl sites for hydroxylation is 1. The van der Waals surface area contributed by atoms with Crippen LogP contribution in [-0.2, 0) is 4.79 Å². The van der Waals surface area contributed by atoms with E-state index in [2.05, 4.69) is 67.2 Å². The predicted octanol–water partition coefficient (Wildman–Crippen LogP) is 5.91. The van der Waals surface area contributed by atoms with Gasteiger partial charge in [0, 0.05) is 17.8 Å². The molecule has 0 spiro atoms. The Hall–Kier alpha value is -2.79. The Morgan fingerprint density at radius 1 is 1.17 bits per heavy atom. The molecule has 2 aromatic carbocycles. The van der Waals surface area contributed by atoms with Crippen molar-refractivity contribution >= 4 is 45.9 Å². The van der Waals surface area contributed by atoms with Gasteiger partial charge >= 0.3 is 0 Å². The number of likely N-dealkylation sites (N-methyl/N-ethyl adjacent to an activating group) is 1. The van der Waals surface area contributed by atoms with Gasteiger partial charge in [0.15, 0.2) is 5.17 Å². The molecular weight excluding hydrogens is 390 g/mol. The number of hydrogen-bond acceptors (Lipinski definition) is 4. The summed E-state index contributed by atoms with van der Waals surface area (Å²) in [5, 5.41) is 3.49. The lowest BCUT2D eigenvalue weighted by molar-refractivity contribution is -0.115. The average Bonchev–Trinajstić information content (AvgIpc) is 3.00. The molecule has 30 heavy (non-hydrogen) atoms. The van der Waals surface area contributed by atoms with Crippen LogP contribution in [0.1, 0.15) is 44.4 Å². The first-order valence-corrected chi connectivity index (χ1v) is 11.1. The molecule has 0 aromatic heterocycles. The molecule has 154 valence electrons. The van der Waals surface area contributed by atoms with E-state index in [1.54, 1.807) is 0 Å². The van der Waals surface area contributed by atoms with Gasteiger partial charge in [0.05, 0.1) is 16.1 Å². The molecule has 2 aromatic rings. The maximum atomic E-state index is 12.5. The molecule has 2 aliphatic heterocycles. The second-order valence-corrected chi connectivity index (χ2v) is 9.35. The zero-order valence-electron chi connectivity index (χ0n) is 18.1. The van der Waals surface area contributed by atoms with E-state index < -0.39 is 0 Å². The van der Waals surface area contributed by atoms with Crippen molar-refractivity contribution in [2.45, 2.75) is 40.2 Å². The number of amidine groups is 1. The van der Waals surface area contributed by atoms with Crippen LogP contribution in [0, 0.1) is 6.92 Å². The first-order valence-electron chi connectivity index (χ1n) is 10.2. The SMILES string of the molecule is CCN1c2ccc(/C=C3/SC(=Nc4cccc(C)c4)NC3=O)cc2C(C)=CC1(C)C. The summed E-state index contributed by atoms with van der Waals surface area (Å²) in [4.78, 5) is 20.1. The van der Waals surface area contributed by atoms with E-state index in [4.69, 9.17) is 0 Å². The highest BCUT2D eigenvalue weighted by Gasteiger charge is 2.30. The molecule has 0 radical (unpaired) electrons. The van der Waals surface area contributed by atoms with Crippen molar-refractivity contribution in [1.82, 2.24) is 5.32 Å². The molecular formula is C25H27N3OS. The second-order valence-electron chi connectivity index (χ2n) is 8.32. The number of rotatable bonds is 3. The van der Waals surface area contributed by atoms with E-state index in [9.17, 15) is 4.79 Å². The third-order valence-corrected chi connectivity index (χ3v) is 6.41. The van der Waals surface area contributed by atoms with Crippen LogP contribution in [0.25, 0.3) is 11.6 Å². The summed E-state index contributed by atoms with van der Waals surface area (Å²) in [6, 6.07) is 14.4. The molecule has 1 saturated heterocycles. The van der Waals surface area contributed by atoms with E-state index in [0.29, 0.717) is 10.1 Å². The van der Waals surface area contributed by atoms with Crippen molar-refractivity contribution < 1.29 is 4.79 Å². The number of allylic oxidation sites excluding steroid dienone is 1. The number of hydrogen-bond donors (Lipinski definition) is 1. The average molecular weight is 418 g/mol. The van der Waals surface area contributed by atoms with Crippen LogP contribution >= 0.6 is 11.8 Å². The summed E-state index contributed by atoms with van der Waals surface area (Å²) in [7, 11) is 0. The fourth-order valence-corrected chi connectivity index (χ4v) is 5.06. The van der Waals surface area contributed by atoms with Crippen LogP contribution < -0.4 is 10.2 Å². The molecule has 0 saturated carbocycles. The van der Waals surface area contributed by atoms with Crippen LogP contribution in [0.15, 0.2) is 58.4 Å². The molecule has 4 rings (SSSR count). The van der Waals surface area contributed by atoms with Gasteiger partial charge in [-0.1, -0.05) is 24.3 Å². The van der Waals surface area contributed by atoms with Crippen molar-refractivity contribution in [3.8, 4) is 0 Å². The van der Waals surface area contributed by atoms with Crippen LogP contribution in [0.5, 0.6) is 0 Å². The number of nitrogens with zero attached hydrogens (tertiary/aromatic N) is 2. The third-order valence-electron chi connectivity index (χ3n) is 5.50. The molecule has 0 bridgehead atoms. The first kappa shape index (κ1) is 20.5. The summed E-state index contributed by atoms with van der Waals surface area (Å²) < 4.78 is 0. The summed E-state index contributed by atoms with van der Waals surface area (Å²) in [5.74, 6) is -0.104. The first-order chi connectivity index (χ1) is 14.3. The number of carbonyl (C=O) groups excluding carboxylic acids is 1. The molecule has 0 atom stereocenters. The Kier molecular flexibility index (Phi) is 5.33. The van der Waals surface area contributed by atoms with Crippen LogP contribution in [0.3, 0.4) is 0 Å². The normalized spacial score (nSPS) is 20.4. The number of anilines is 1. The molecule has 4 nitrogen and oxygen atoms in total. The summed E-state index contributed by atoms with van der Waals surface area (Å²) in [6.07, 6.45) is 4.27. The van der Waals surface area contributed by atoms with E-state index in [0.717, 1.165) is 23.4 Å². The third kappa shape index (κ3) is 3.94. The van der Waals surface area contributed by atoms with Gasteiger partial charge in [-0.3, -0.25) is 4.79 Å². The van der Waals surface area contributed by atoms with Gasteiger partial charge in [-0.05, 0) is 93.4 Å². The molecule has 0 unspecified atom stereocenters. The monoisotopic (exact) mass is 417 g/mol. The smallest absolute Gasteiger partial charge is 0.264 e. The number of fused-ring (bicyclic) bond motifs is 1. The lowest BCUT2D eigenvalue weighted by Gasteiger charge is -2.42. The highest BCUT2D eigenvalue weighted by Crippen LogP contribution is 2.39. The van der Waals surface area contributed by atoms with Crippen molar-refractivity contribution in [2.24, 2.45) is 4.99 Å². The highest BCUT2D eigenvalue weighted by molar-refractivity contribution is 8.18. The maximum absolute atomic E-state index is 12.5. The Morgan fingerprint density at radius 2 is 1.97 bits per heavy atom. The number of nitrogens with one attached hydrogen (secondary N) is 1. The maximum Gasteiger partial charge on any atom is 0.264 e. The number of aliphatic imine (C=N–C) groups is 1. The fourth-order valence-electron chi connectivity index (χ4n) is 4.22. The zero-order valence-corrected chi connectivity index (χ0v) is 18.9. The van der Waals surface area contributed by atoms with Crippen LogP contribution in [-0.4, -0.2) is 23.2 Å². The van der Waals surface area contributed by atoms with Gasteiger partial charge < -0.3 is 10.2 Å². The van der Waals surface area contributed by atoms with Crippen molar-refractivity contribution in [2.75, 3.05) is 11.4 Å². The predicted molar refractivity (Wildman–Crippen MR) is 129 cm³/mol. The Balaban J connectivity index is 1.63. The number of amides is 1. The zero-order chi connectivity index (χ0) is 21.5. The topological polar surface area (TPSA) is 44.7 Å². The molecule has 2 heterocycles. The summed E-state index contributed by atoms with van der Waals surface area (Å²) in [6.45, 7) is 11.8. The molecule has 1 amide bonds. The van der Waals surface area contributed by atoms with Gasteiger partial charge in [0.1, 0.15) is 0 Å². The Morgan fingerprint density at radius 3 is 2.70 bits per heavy atom. The van der Waals surface area contributed by atoms with Crippen LogP contribution in [0.4, 0.5) is 11.4 Å². The lowest BCUT2D eigenvalue weighted by Crippen LogP contribution is -2.44. The highest BCUT2D eigenvalue weighted by atomic mass is 32.2. The van der Waals surface area contributed by atoms with E-state index in [1.165, 1.54) is 28.6 Å². The summed E-state index contributed by atoms with van der Waals surface area (Å²) >= 11 is 1.38. The molecule has 2 aliphatic rings. The minimum absolute atomic E-state index is 0.00579. The minimum atomic E-state index is -0.104. The number of thioether (sulfide) groups is 1. The minimum Gasteiger partial charge on any atom is -0.363 e. The standard InChI is InChI=1S/C25H27N3OS/c1-6-28-21-11-10-18(13-20(21)17(3)15-25(28,4)5)14-22-23(29)27-24(30-22)26-19-9-7-8-16(2)12-19/h7-15H,6H2,1-5H3,(H,26,27,29)/b22-14+. The van der Waals surface area contributed by atoms with Gasteiger partial charge in [0.2, 0.25) is 0 Å². The summed E-state index contributed by atoms with van der Waals surface area (Å²) in [5.41, 5.74) is 6.74. The van der Waals surface area contributed by atoms with Gasteiger partial charge in [-0.2, -0.15) is 0 Å². The number of benzene rings is 2. The van der Waals surface area contributed by atoms with Gasteiger partial charge in [-0.25, -0.2) is 4.99 Å². The van der Waals surface area contributed by atoms with E-state index in [1.807, 2.05) is 37.3 Å². The van der Waals surface area contributed by atoms with Crippen LogP contribution in [0.2, 0.25) is 0 Å². The molecule has 0 aliphatic carbocycles. The fraction of sp³-hybridized carbons (Fsp3) is 0.280. The second kappa shape index (κ2) is 7.80. The van der Waals surface area contributed by atoms with Crippen molar-refractivity contribution in [1.29, 1.82) is 0 Å². The van der Waals surface area contributed by atoms with Gasteiger partial charge in [-0.15, -0.1) is 0 Å². The molecule has 1 fully saturated rings. The van der Waals surface area contributed by atoms with Crippen molar-refractivity contribution in [3.05, 3.63) is 70.1 Å². The van der Waals surface area contributed by atoms with Gasteiger partial charge in [0.25, 0.3) is 5.91 Å². The Labute approximate surface area is 182 Å². The number of carbonyl (C=O) groups is 1. The molecule has 1 N–H and O–H groups in total. The van der Waals surface area contributed by atoms with E-state index in [-0.39, 0.29) is 11.4 Å². The largest absolute Gasteiger partial charge is 0.363 e. The van der Waals surface area contributed by atoms with Crippen molar-refractivity contribution in [3.63, 3.8) is 0 Å². The lowest BCUT2D eigenvalue weighted by atomic mass is 9.88. The Bertz CT molecular complexity index is 1110. The quantitative estimate of drug-likeness (QED) is 0.632. The molecule has 5 heteroatoms.